The summed E-state index contributed by atoms with van der Waals surface area (Å²) in [5.41, 5.74) is 5.50. The van der Waals surface area contributed by atoms with Gasteiger partial charge in [-0.25, -0.2) is 0 Å². The Morgan fingerprint density at radius 3 is 2.83 bits per heavy atom. The van der Waals surface area contributed by atoms with E-state index < -0.39 is 0 Å². The highest BCUT2D eigenvalue weighted by Crippen LogP contribution is 2.17. The van der Waals surface area contributed by atoms with Crippen molar-refractivity contribution in [2.45, 2.75) is 58.1 Å². The average molecular weight is 257 g/mol. The van der Waals surface area contributed by atoms with Gasteiger partial charge in [-0.1, -0.05) is 5.16 Å². The predicted octanol–water partition coefficient (Wildman–Crippen LogP) is 1.79. The van der Waals surface area contributed by atoms with Gasteiger partial charge in [-0.05, 0) is 46.1 Å². The molecule has 0 aliphatic carbocycles. The molecule has 0 radical (unpaired) electrons. The number of oxime groups is 1. The molecule has 1 unspecified atom stereocenters. The first kappa shape index (κ1) is 15.2. The number of hydrogen-bond donors (Lipinski definition) is 2. The van der Waals surface area contributed by atoms with Crippen LogP contribution in [-0.2, 0) is 4.74 Å². The normalized spacial score (nSPS) is 21.1. The zero-order valence-corrected chi connectivity index (χ0v) is 11.6. The van der Waals surface area contributed by atoms with Gasteiger partial charge in [0.05, 0.1) is 6.10 Å². The van der Waals surface area contributed by atoms with E-state index in [0.717, 1.165) is 32.5 Å². The third kappa shape index (κ3) is 5.69. The molecule has 0 spiro atoms. The van der Waals surface area contributed by atoms with Gasteiger partial charge in [0.15, 0.2) is 0 Å². The monoisotopic (exact) mass is 257 g/mol. The Labute approximate surface area is 110 Å². The van der Waals surface area contributed by atoms with Crippen LogP contribution in [0.2, 0.25) is 0 Å². The Kier molecular flexibility index (Phi) is 7.05. The molecule has 1 atom stereocenters. The van der Waals surface area contributed by atoms with Gasteiger partial charge >= 0.3 is 0 Å². The number of nitrogens with two attached hydrogens (primary N) is 1. The third-order valence-corrected chi connectivity index (χ3v) is 3.51. The fourth-order valence-corrected chi connectivity index (χ4v) is 2.33. The van der Waals surface area contributed by atoms with Crippen LogP contribution in [0.15, 0.2) is 5.16 Å². The molecule has 5 nitrogen and oxygen atoms in total. The van der Waals surface area contributed by atoms with Crippen LogP contribution >= 0.6 is 0 Å². The molecule has 1 aliphatic rings. The lowest BCUT2D eigenvalue weighted by Crippen LogP contribution is -2.35. The zero-order chi connectivity index (χ0) is 13.4. The van der Waals surface area contributed by atoms with Crippen LogP contribution in [-0.4, -0.2) is 47.8 Å². The number of nitrogens with zero attached hydrogens (tertiary/aromatic N) is 2. The van der Waals surface area contributed by atoms with Gasteiger partial charge in [0.25, 0.3) is 0 Å². The van der Waals surface area contributed by atoms with Gasteiger partial charge < -0.3 is 20.6 Å². The van der Waals surface area contributed by atoms with Crippen LogP contribution < -0.4 is 5.73 Å². The number of ether oxygens (including phenoxy) is 1. The quantitative estimate of drug-likeness (QED) is 0.301. The van der Waals surface area contributed by atoms with Crippen molar-refractivity contribution in [3.63, 3.8) is 0 Å². The van der Waals surface area contributed by atoms with E-state index in [1.165, 1.54) is 12.8 Å². The molecule has 106 valence electrons. The molecule has 1 fully saturated rings. The molecule has 3 N–H and O–H groups in total. The van der Waals surface area contributed by atoms with E-state index in [2.05, 4.69) is 23.9 Å². The first-order valence-corrected chi connectivity index (χ1v) is 6.95. The van der Waals surface area contributed by atoms with Crippen molar-refractivity contribution in [3.05, 3.63) is 0 Å². The van der Waals surface area contributed by atoms with Gasteiger partial charge in [-0.3, -0.25) is 0 Å². The molecule has 0 amide bonds. The summed E-state index contributed by atoms with van der Waals surface area (Å²) in [7, 11) is 0. The lowest BCUT2D eigenvalue weighted by Gasteiger charge is -2.26. The lowest BCUT2D eigenvalue weighted by molar-refractivity contribution is 0.0971. The second kappa shape index (κ2) is 8.32. The Balaban J connectivity index is 2.20. The van der Waals surface area contributed by atoms with Crippen molar-refractivity contribution in [3.8, 4) is 0 Å². The van der Waals surface area contributed by atoms with Crippen LogP contribution in [0.1, 0.15) is 46.0 Å². The van der Waals surface area contributed by atoms with Crippen LogP contribution in [0.3, 0.4) is 0 Å². The van der Waals surface area contributed by atoms with E-state index in [4.69, 9.17) is 15.7 Å². The van der Waals surface area contributed by atoms with E-state index in [0.29, 0.717) is 24.4 Å². The molecular weight excluding hydrogens is 230 g/mol. The van der Waals surface area contributed by atoms with Gasteiger partial charge in [0.1, 0.15) is 5.84 Å². The van der Waals surface area contributed by atoms with Gasteiger partial charge in [0, 0.05) is 25.6 Å². The molecule has 18 heavy (non-hydrogen) atoms. The largest absolute Gasteiger partial charge is 0.409 e. The van der Waals surface area contributed by atoms with Crippen molar-refractivity contribution in [1.29, 1.82) is 0 Å². The van der Waals surface area contributed by atoms with Crippen molar-refractivity contribution in [2.24, 2.45) is 10.9 Å². The molecular formula is C13H27N3O2. The van der Waals surface area contributed by atoms with Crippen LogP contribution in [0.25, 0.3) is 0 Å². The summed E-state index contributed by atoms with van der Waals surface area (Å²) < 4.78 is 5.62. The van der Waals surface area contributed by atoms with E-state index in [1.807, 2.05) is 0 Å². The summed E-state index contributed by atoms with van der Waals surface area (Å²) in [6.07, 6.45) is 5.82. The second-order valence-electron chi connectivity index (χ2n) is 5.25. The Morgan fingerprint density at radius 1 is 1.50 bits per heavy atom. The van der Waals surface area contributed by atoms with Crippen molar-refractivity contribution in [2.75, 3.05) is 19.7 Å². The highest BCUT2D eigenvalue weighted by Gasteiger charge is 2.16. The summed E-state index contributed by atoms with van der Waals surface area (Å²) in [6.45, 7) is 7.19. The lowest BCUT2D eigenvalue weighted by atomic mass is 10.1. The molecule has 0 aromatic heterocycles. The summed E-state index contributed by atoms with van der Waals surface area (Å²) >= 11 is 0. The van der Waals surface area contributed by atoms with Crippen molar-refractivity contribution in [1.82, 2.24) is 4.90 Å². The number of amidine groups is 1. The molecule has 1 rings (SSSR count). The standard InChI is InChI=1S/C13H27N3O2/c1-11(2)16(9-7-13(14)15-17)8-3-5-12-6-4-10-18-12/h11-12,17H,3-10H2,1-2H3,(H2,14,15). The molecule has 0 aromatic rings. The summed E-state index contributed by atoms with van der Waals surface area (Å²) in [6, 6.07) is 0.487. The number of hydrogen-bond acceptors (Lipinski definition) is 4. The fraction of sp³-hybridized carbons (Fsp3) is 0.923. The SMILES string of the molecule is CC(C)N(CCCC1CCCO1)CCC(N)=NO. The first-order chi connectivity index (χ1) is 8.63. The van der Waals surface area contributed by atoms with Gasteiger partial charge in [-0.2, -0.15) is 0 Å². The van der Waals surface area contributed by atoms with Gasteiger partial charge in [-0.15, -0.1) is 0 Å². The average Bonchev–Trinajstić information content (AvgIpc) is 2.85. The van der Waals surface area contributed by atoms with Crippen LogP contribution in [0.4, 0.5) is 0 Å². The molecule has 1 saturated heterocycles. The zero-order valence-electron chi connectivity index (χ0n) is 11.6. The minimum absolute atomic E-state index is 0.305. The maximum absolute atomic E-state index is 8.53. The van der Waals surface area contributed by atoms with Crippen LogP contribution in [0.5, 0.6) is 0 Å². The molecule has 1 aliphatic heterocycles. The summed E-state index contributed by atoms with van der Waals surface area (Å²) in [5.74, 6) is 0.305. The summed E-state index contributed by atoms with van der Waals surface area (Å²) in [4.78, 5) is 2.37. The molecule has 1 heterocycles. The van der Waals surface area contributed by atoms with E-state index in [1.54, 1.807) is 0 Å². The Bertz CT molecular complexity index is 251. The maximum Gasteiger partial charge on any atom is 0.140 e. The van der Waals surface area contributed by atoms with E-state index in [9.17, 15) is 0 Å². The smallest absolute Gasteiger partial charge is 0.140 e. The number of rotatable bonds is 8. The minimum atomic E-state index is 0.305. The minimum Gasteiger partial charge on any atom is -0.409 e. The highest BCUT2D eigenvalue weighted by molar-refractivity contribution is 5.79. The van der Waals surface area contributed by atoms with Crippen LogP contribution in [0, 0.1) is 0 Å². The fourth-order valence-electron chi connectivity index (χ4n) is 2.33. The maximum atomic E-state index is 8.53. The molecule has 0 bridgehead atoms. The first-order valence-electron chi connectivity index (χ1n) is 6.95. The van der Waals surface area contributed by atoms with Crippen molar-refractivity contribution < 1.29 is 9.94 Å². The third-order valence-electron chi connectivity index (χ3n) is 3.51. The van der Waals surface area contributed by atoms with Crippen molar-refractivity contribution >= 4 is 5.84 Å². The summed E-state index contributed by atoms with van der Waals surface area (Å²) in [5, 5.41) is 11.5. The molecule has 0 aromatic carbocycles. The predicted molar refractivity (Wildman–Crippen MR) is 72.9 cm³/mol. The Hall–Kier alpha value is -0.810. The van der Waals surface area contributed by atoms with E-state index in [-0.39, 0.29) is 0 Å². The molecule has 5 heteroatoms. The van der Waals surface area contributed by atoms with E-state index >= 15 is 0 Å². The van der Waals surface area contributed by atoms with Gasteiger partial charge in [0.2, 0.25) is 0 Å². The second-order valence-corrected chi connectivity index (χ2v) is 5.25. The Morgan fingerprint density at radius 2 is 2.28 bits per heavy atom. The topological polar surface area (TPSA) is 71.1 Å². The highest BCUT2D eigenvalue weighted by atomic mass is 16.5. The molecule has 0 saturated carbocycles.